The molecule has 7 heteroatoms. The van der Waals surface area contributed by atoms with Gasteiger partial charge in [0.15, 0.2) is 0 Å². The second-order valence-electron chi connectivity index (χ2n) is 9.27. The SMILES string of the molecule is O=C(C1CC1)N1CCC(c2n[nH]c(=O)n2-c2ccc(-c3ccc4c(c3)CCC4)cc2F)C1. The zero-order chi connectivity index (χ0) is 21.8. The van der Waals surface area contributed by atoms with Gasteiger partial charge in [-0.1, -0.05) is 24.3 Å². The lowest BCUT2D eigenvalue weighted by Gasteiger charge is -2.16. The van der Waals surface area contributed by atoms with E-state index in [2.05, 4.69) is 22.3 Å². The van der Waals surface area contributed by atoms with Crippen LogP contribution < -0.4 is 5.69 Å². The first-order chi connectivity index (χ1) is 15.6. The van der Waals surface area contributed by atoms with Gasteiger partial charge in [-0.3, -0.25) is 4.79 Å². The highest BCUT2D eigenvalue weighted by Crippen LogP contribution is 2.35. The van der Waals surface area contributed by atoms with Gasteiger partial charge >= 0.3 is 5.69 Å². The molecule has 1 atom stereocenters. The van der Waals surface area contributed by atoms with E-state index < -0.39 is 11.5 Å². The maximum atomic E-state index is 15.3. The summed E-state index contributed by atoms with van der Waals surface area (Å²) in [5.41, 5.74) is 4.23. The third kappa shape index (κ3) is 3.27. The molecule has 1 aromatic heterocycles. The van der Waals surface area contributed by atoms with Crippen LogP contribution in [0, 0.1) is 11.7 Å². The van der Waals surface area contributed by atoms with Gasteiger partial charge in [0.1, 0.15) is 11.6 Å². The molecule has 1 aliphatic heterocycles. The second-order valence-corrected chi connectivity index (χ2v) is 9.27. The van der Waals surface area contributed by atoms with E-state index in [-0.39, 0.29) is 23.4 Å². The van der Waals surface area contributed by atoms with Crippen molar-refractivity contribution in [1.82, 2.24) is 19.7 Å². The lowest BCUT2D eigenvalue weighted by molar-refractivity contribution is -0.131. The highest BCUT2D eigenvalue weighted by molar-refractivity contribution is 5.81. The molecule has 6 rings (SSSR count). The molecule has 2 heterocycles. The molecular formula is C25H25FN4O2. The number of aromatic amines is 1. The van der Waals surface area contributed by atoms with Crippen molar-refractivity contribution in [1.29, 1.82) is 0 Å². The van der Waals surface area contributed by atoms with Gasteiger partial charge in [0.25, 0.3) is 0 Å². The van der Waals surface area contributed by atoms with Crippen molar-refractivity contribution in [3.63, 3.8) is 0 Å². The zero-order valence-corrected chi connectivity index (χ0v) is 17.8. The number of amides is 1. The Morgan fingerprint density at radius 3 is 2.62 bits per heavy atom. The van der Waals surface area contributed by atoms with Crippen LogP contribution in [0.1, 0.15) is 48.6 Å². The normalized spacial score (nSPS) is 20.0. The second kappa shape index (κ2) is 7.43. The first-order valence-corrected chi connectivity index (χ1v) is 11.5. The largest absolute Gasteiger partial charge is 0.348 e. The maximum absolute atomic E-state index is 15.3. The van der Waals surface area contributed by atoms with E-state index in [0.717, 1.165) is 43.2 Å². The summed E-state index contributed by atoms with van der Waals surface area (Å²) in [4.78, 5) is 26.8. The summed E-state index contributed by atoms with van der Waals surface area (Å²) < 4.78 is 16.6. The van der Waals surface area contributed by atoms with Crippen molar-refractivity contribution < 1.29 is 9.18 Å². The van der Waals surface area contributed by atoms with Gasteiger partial charge in [0, 0.05) is 24.9 Å². The van der Waals surface area contributed by atoms with Gasteiger partial charge in [-0.05, 0) is 72.9 Å². The molecule has 2 aromatic carbocycles. The maximum Gasteiger partial charge on any atom is 0.348 e. The first-order valence-electron chi connectivity index (χ1n) is 11.5. The number of aryl methyl sites for hydroxylation is 2. The van der Waals surface area contributed by atoms with E-state index in [4.69, 9.17) is 0 Å². The van der Waals surface area contributed by atoms with Crippen LogP contribution in [-0.4, -0.2) is 38.7 Å². The zero-order valence-electron chi connectivity index (χ0n) is 17.8. The number of nitrogens with one attached hydrogen (secondary N) is 1. The number of carbonyl (C=O) groups is 1. The average Bonchev–Trinajstić information content (AvgIpc) is 3.18. The molecule has 1 N–H and O–H groups in total. The average molecular weight is 432 g/mol. The number of hydrogen-bond donors (Lipinski definition) is 1. The number of aromatic nitrogens is 3. The Bertz CT molecular complexity index is 1270. The van der Waals surface area contributed by atoms with E-state index in [1.54, 1.807) is 6.07 Å². The van der Waals surface area contributed by atoms with Crippen LogP contribution in [0.25, 0.3) is 16.8 Å². The quantitative estimate of drug-likeness (QED) is 0.685. The number of benzene rings is 2. The Balaban J connectivity index is 1.30. The molecule has 1 unspecified atom stereocenters. The van der Waals surface area contributed by atoms with Crippen LogP contribution in [-0.2, 0) is 17.6 Å². The number of fused-ring (bicyclic) bond motifs is 1. The molecule has 3 aliphatic rings. The molecule has 32 heavy (non-hydrogen) atoms. The van der Waals surface area contributed by atoms with Crippen molar-refractivity contribution in [3.8, 4) is 16.8 Å². The number of hydrogen-bond acceptors (Lipinski definition) is 3. The number of halogens is 1. The first kappa shape index (κ1) is 19.5. The van der Waals surface area contributed by atoms with Gasteiger partial charge in [-0.2, -0.15) is 5.10 Å². The Kier molecular flexibility index (Phi) is 4.52. The van der Waals surface area contributed by atoms with Crippen molar-refractivity contribution in [2.24, 2.45) is 5.92 Å². The fourth-order valence-corrected chi connectivity index (χ4v) is 5.19. The van der Waals surface area contributed by atoms with E-state index >= 15 is 4.39 Å². The van der Waals surface area contributed by atoms with Gasteiger partial charge in [-0.15, -0.1) is 0 Å². The summed E-state index contributed by atoms with van der Waals surface area (Å²) >= 11 is 0. The summed E-state index contributed by atoms with van der Waals surface area (Å²) in [6.07, 6.45) is 6.00. The molecule has 1 amide bonds. The van der Waals surface area contributed by atoms with Crippen molar-refractivity contribution in [2.45, 2.75) is 44.4 Å². The Morgan fingerprint density at radius 2 is 1.81 bits per heavy atom. The van der Waals surface area contributed by atoms with E-state index in [0.29, 0.717) is 18.9 Å². The number of carbonyl (C=O) groups excluding carboxylic acids is 1. The Labute approximate surface area is 185 Å². The fraction of sp³-hybridized carbons (Fsp3) is 0.400. The summed E-state index contributed by atoms with van der Waals surface area (Å²) in [6, 6.07) is 11.3. The monoisotopic (exact) mass is 432 g/mol. The molecule has 0 bridgehead atoms. The minimum absolute atomic E-state index is 0.0903. The Hall–Kier alpha value is -3.22. The van der Waals surface area contributed by atoms with Crippen LogP contribution in [0.3, 0.4) is 0 Å². The lowest BCUT2D eigenvalue weighted by Crippen LogP contribution is -2.30. The predicted molar refractivity (Wildman–Crippen MR) is 118 cm³/mol. The molecule has 1 saturated carbocycles. The third-order valence-electron chi connectivity index (χ3n) is 7.11. The van der Waals surface area contributed by atoms with Crippen LogP contribution in [0.5, 0.6) is 0 Å². The molecule has 164 valence electrons. The smallest absolute Gasteiger partial charge is 0.342 e. The molecule has 6 nitrogen and oxygen atoms in total. The van der Waals surface area contributed by atoms with Crippen LogP contribution in [0.15, 0.2) is 41.2 Å². The molecule has 1 saturated heterocycles. The topological polar surface area (TPSA) is 71.0 Å². The van der Waals surface area contributed by atoms with Gasteiger partial charge in [0.2, 0.25) is 5.91 Å². The van der Waals surface area contributed by atoms with Crippen molar-refractivity contribution >= 4 is 5.91 Å². The van der Waals surface area contributed by atoms with Crippen LogP contribution >= 0.6 is 0 Å². The van der Waals surface area contributed by atoms with Crippen LogP contribution in [0.4, 0.5) is 4.39 Å². The molecule has 0 radical (unpaired) electrons. The highest BCUT2D eigenvalue weighted by Gasteiger charge is 2.38. The molecule has 2 aliphatic carbocycles. The molecule has 2 fully saturated rings. The third-order valence-corrected chi connectivity index (χ3v) is 7.11. The number of nitrogens with zero attached hydrogens (tertiary/aromatic N) is 3. The Morgan fingerprint density at radius 1 is 1.03 bits per heavy atom. The summed E-state index contributed by atoms with van der Waals surface area (Å²) in [6.45, 7) is 1.18. The summed E-state index contributed by atoms with van der Waals surface area (Å²) in [7, 11) is 0. The van der Waals surface area contributed by atoms with Gasteiger partial charge < -0.3 is 4.90 Å². The summed E-state index contributed by atoms with van der Waals surface area (Å²) in [5, 5.41) is 6.69. The molecular weight excluding hydrogens is 407 g/mol. The van der Waals surface area contributed by atoms with Gasteiger partial charge in [0.05, 0.1) is 5.69 Å². The van der Waals surface area contributed by atoms with Crippen molar-refractivity contribution in [2.75, 3.05) is 13.1 Å². The number of likely N-dealkylation sites (tertiary alicyclic amines) is 1. The highest BCUT2D eigenvalue weighted by atomic mass is 19.1. The molecule has 0 spiro atoms. The van der Waals surface area contributed by atoms with E-state index in [9.17, 15) is 9.59 Å². The summed E-state index contributed by atoms with van der Waals surface area (Å²) in [5.74, 6) is 0.301. The van der Waals surface area contributed by atoms with E-state index in [1.807, 2.05) is 17.0 Å². The van der Waals surface area contributed by atoms with E-state index in [1.165, 1.54) is 28.2 Å². The van der Waals surface area contributed by atoms with Crippen molar-refractivity contribution in [3.05, 3.63) is 69.7 Å². The van der Waals surface area contributed by atoms with Crippen LogP contribution in [0.2, 0.25) is 0 Å². The minimum atomic E-state index is -0.462. The minimum Gasteiger partial charge on any atom is -0.342 e. The number of H-pyrrole nitrogens is 1. The van der Waals surface area contributed by atoms with Gasteiger partial charge in [-0.25, -0.2) is 18.9 Å². The number of rotatable bonds is 4. The molecule has 3 aromatic rings. The standard InChI is InChI=1S/C25H25FN4O2/c26-21-13-19(18-7-4-15-2-1-3-17(15)12-18)8-9-22(21)30-23(27-28-25(30)32)20-10-11-29(14-20)24(31)16-5-6-16/h4,7-9,12-13,16,20H,1-3,5-6,10-11,14H2,(H,28,32). The fourth-order valence-electron chi connectivity index (χ4n) is 5.19. The predicted octanol–water partition coefficient (Wildman–Crippen LogP) is 3.58. The lowest BCUT2D eigenvalue weighted by atomic mass is 10.00.